The van der Waals surface area contributed by atoms with Gasteiger partial charge in [-0.05, 0) is 108 Å². The minimum Gasteiger partial charge on any atom is -0.455 e. The zero-order valence-electron chi connectivity index (χ0n) is 34.1. The predicted octanol–water partition coefficient (Wildman–Crippen LogP) is 17.5. The van der Waals surface area contributed by atoms with E-state index < -0.39 is 0 Å². The molecule has 0 saturated heterocycles. The van der Waals surface area contributed by atoms with E-state index in [1.807, 2.05) is 6.07 Å². The standard InChI is InChI=1S/C60H37NO2/c1-2-15-38(16-3-1)39-29-31-40(32-30-39)61(55-26-14-25-52-48-22-10-12-27-56(48)62-59(52)55)41-33-34-47-45-20-7-5-18-43(45)42-17-4-6-19-44(42)46-21-8-9-24-50(46)58-51(54(47)37-41)35-36-53-49-23-11-13-28-57(49)63-60(53)58/h1-37H. The van der Waals surface area contributed by atoms with Crippen LogP contribution in [0.4, 0.5) is 17.1 Å². The van der Waals surface area contributed by atoms with Gasteiger partial charge in [0.1, 0.15) is 16.7 Å². The summed E-state index contributed by atoms with van der Waals surface area (Å²) in [6, 6.07) is 80.6. The van der Waals surface area contributed by atoms with Crippen molar-refractivity contribution in [2.45, 2.75) is 0 Å². The van der Waals surface area contributed by atoms with Gasteiger partial charge in [0.15, 0.2) is 5.58 Å². The highest BCUT2D eigenvalue weighted by molar-refractivity contribution is 6.31. The van der Waals surface area contributed by atoms with Crippen LogP contribution in [0.15, 0.2) is 233 Å². The number of hydrogen-bond acceptors (Lipinski definition) is 3. The molecule has 11 aromatic carbocycles. The molecule has 3 heteroatoms. The number of nitrogens with zero attached hydrogens (tertiary/aromatic N) is 1. The van der Waals surface area contributed by atoms with Gasteiger partial charge in [0.2, 0.25) is 0 Å². The molecule has 13 aromatic rings. The van der Waals surface area contributed by atoms with E-state index in [2.05, 4.69) is 223 Å². The van der Waals surface area contributed by atoms with Gasteiger partial charge in [0, 0.05) is 38.3 Å². The molecule has 0 aliphatic rings. The minimum atomic E-state index is 0.839. The molecule has 63 heavy (non-hydrogen) atoms. The molecule has 3 nitrogen and oxygen atoms in total. The number of benzene rings is 10. The Kier molecular flexibility index (Phi) is 7.91. The lowest BCUT2D eigenvalue weighted by molar-refractivity contribution is 0.669. The monoisotopic (exact) mass is 803 g/mol. The number of para-hydroxylation sites is 3. The quantitative estimate of drug-likeness (QED) is 0.177. The lowest BCUT2D eigenvalue weighted by Gasteiger charge is -2.26. The molecule has 0 aliphatic carbocycles. The first-order chi connectivity index (χ1) is 31.3. The Morgan fingerprint density at radius 2 is 0.667 bits per heavy atom. The molecule has 0 atom stereocenters. The summed E-state index contributed by atoms with van der Waals surface area (Å²) < 4.78 is 13.7. The first kappa shape index (κ1) is 35.4. The van der Waals surface area contributed by atoms with Gasteiger partial charge in [-0.15, -0.1) is 0 Å². The molecule has 0 fully saturated rings. The van der Waals surface area contributed by atoms with Gasteiger partial charge in [-0.25, -0.2) is 0 Å². The van der Waals surface area contributed by atoms with E-state index in [1.54, 1.807) is 0 Å². The fourth-order valence-electron chi connectivity index (χ4n) is 10.0. The van der Waals surface area contributed by atoms with Crippen LogP contribution in [-0.4, -0.2) is 0 Å². The molecule has 13 rings (SSSR count). The molecule has 0 amide bonds. The third kappa shape index (κ3) is 5.53. The molecule has 0 saturated carbocycles. The summed E-state index contributed by atoms with van der Waals surface area (Å²) in [5, 5.41) is 15.8. The average molecular weight is 804 g/mol. The van der Waals surface area contributed by atoms with Gasteiger partial charge >= 0.3 is 0 Å². The van der Waals surface area contributed by atoms with Crippen LogP contribution in [0.1, 0.15) is 0 Å². The Morgan fingerprint density at radius 1 is 0.254 bits per heavy atom. The van der Waals surface area contributed by atoms with Crippen LogP contribution in [0.3, 0.4) is 0 Å². The molecule has 2 aromatic heterocycles. The summed E-state index contributed by atoms with van der Waals surface area (Å²) in [4.78, 5) is 2.35. The van der Waals surface area contributed by atoms with Gasteiger partial charge < -0.3 is 13.7 Å². The van der Waals surface area contributed by atoms with Crippen LogP contribution in [0.25, 0.3) is 109 Å². The summed E-state index contributed by atoms with van der Waals surface area (Å²) in [5.74, 6) is 0. The molecule has 0 aliphatic heterocycles. The van der Waals surface area contributed by atoms with Crippen molar-refractivity contribution in [2.75, 3.05) is 4.90 Å². The SMILES string of the molecule is c1ccc(-c2ccc(N(c3ccc4c5ccccc5c5ccccc5c5ccccc5c5c(ccc6c7ccccc7oc65)c4c3)c3cccc4c3oc3ccccc34)cc2)cc1. The molecular weight excluding hydrogens is 767 g/mol. The van der Waals surface area contributed by atoms with Crippen molar-refractivity contribution in [3.05, 3.63) is 224 Å². The highest BCUT2D eigenvalue weighted by atomic mass is 16.3. The van der Waals surface area contributed by atoms with Crippen molar-refractivity contribution in [3.8, 4) is 11.1 Å². The maximum absolute atomic E-state index is 6.97. The summed E-state index contributed by atoms with van der Waals surface area (Å²) >= 11 is 0. The Hall–Kier alpha value is -8.40. The van der Waals surface area contributed by atoms with Crippen LogP contribution >= 0.6 is 0 Å². The van der Waals surface area contributed by atoms with E-state index in [0.29, 0.717) is 0 Å². The summed E-state index contributed by atoms with van der Waals surface area (Å²) in [6.45, 7) is 0. The zero-order chi connectivity index (χ0) is 41.4. The molecule has 0 bridgehead atoms. The summed E-state index contributed by atoms with van der Waals surface area (Å²) in [5.41, 5.74) is 8.79. The Bertz CT molecular complexity index is 4030. The van der Waals surface area contributed by atoms with Crippen LogP contribution in [-0.2, 0) is 0 Å². The van der Waals surface area contributed by atoms with Crippen molar-refractivity contribution < 1.29 is 8.83 Å². The van der Waals surface area contributed by atoms with E-state index in [-0.39, 0.29) is 0 Å². The van der Waals surface area contributed by atoms with Crippen LogP contribution in [0.2, 0.25) is 0 Å². The first-order valence-electron chi connectivity index (χ1n) is 21.5. The van der Waals surface area contributed by atoms with E-state index in [0.717, 1.165) is 98.8 Å². The largest absolute Gasteiger partial charge is 0.455 e. The summed E-state index contributed by atoms with van der Waals surface area (Å²) in [6.07, 6.45) is 0. The maximum atomic E-state index is 6.97. The number of furan rings is 2. The average Bonchev–Trinajstić information content (AvgIpc) is 3.93. The Labute approximate surface area is 362 Å². The summed E-state index contributed by atoms with van der Waals surface area (Å²) in [7, 11) is 0. The second-order valence-electron chi connectivity index (χ2n) is 16.3. The topological polar surface area (TPSA) is 29.5 Å². The third-order valence-corrected chi connectivity index (χ3v) is 12.9. The molecule has 2 heterocycles. The Balaban J connectivity index is 1.21. The van der Waals surface area contributed by atoms with Crippen molar-refractivity contribution in [1.82, 2.24) is 0 Å². The normalized spacial score (nSPS) is 11.8. The molecule has 0 spiro atoms. The van der Waals surface area contributed by atoms with Crippen molar-refractivity contribution in [1.29, 1.82) is 0 Å². The molecular formula is C60H37NO2. The predicted molar refractivity (Wildman–Crippen MR) is 266 cm³/mol. The second-order valence-corrected chi connectivity index (χ2v) is 16.3. The highest BCUT2D eigenvalue weighted by Crippen LogP contribution is 2.46. The third-order valence-electron chi connectivity index (χ3n) is 12.9. The minimum absolute atomic E-state index is 0.839. The second kappa shape index (κ2) is 14.1. The molecule has 294 valence electrons. The first-order valence-corrected chi connectivity index (χ1v) is 21.5. The molecule has 0 radical (unpaired) electrons. The van der Waals surface area contributed by atoms with Crippen molar-refractivity contribution >= 4 is 115 Å². The number of anilines is 3. The van der Waals surface area contributed by atoms with Crippen molar-refractivity contribution in [3.63, 3.8) is 0 Å². The van der Waals surface area contributed by atoms with Gasteiger partial charge in [-0.1, -0.05) is 176 Å². The van der Waals surface area contributed by atoms with Gasteiger partial charge in [0.25, 0.3) is 0 Å². The van der Waals surface area contributed by atoms with E-state index in [4.69, 9.17) is 8.83 Å². The van der Waals surface area contributed by atoms with Gasteiger partial charge in [-0.2, -0.15) is 0 Å². The van der Waals surface area contributed by atoms with E-state index in [9.17, 15) is 0 Å². The van der Waals surface area contributed by atoms with Gasteiger partial charge in [0.05, 0.1) is 5.69 Å². The van der Waals surface area contributed by atoms with E-state index in [1.165, 1.54) is 27.1 Å². The fraction of sp³-hybridized carbons (Fsp3) is 0. The highest BCUT2D eigenvalue weighted by Gasteiger charge is 2.21. The molecule has 0 N–H and O–H groups in total. The lowest BCUT2D eigenvalue weighted by Crippen LogP contribution is -2.10. The number of hydrogen-bond donors (Lipinski definition) is 0. The lowest BCUT2D eigenvalue weighted by atomic mass is 9.93. The zero-order valence-corrected chi connectivity index (χ0v) is 34.1. The van der Waals surface area contributed by atoms with E-state index >= 15 is 0 Å². The number of rotatable bonds is 4. The van der Waals surface area contributed by atoms with Gasteiger partial charge in [-0.3, -0.25) is 0 Å². The van der Waals surface area contributed by atoms with Crippen LogP contribution in [0, 0.1) is 0 Å². The van der Waals surface area contributed by atoms with Crippen LogP contribution in [0.5, 0.6) is 0 Å². The fourth-order valence-corrected chi connectivity index (χ4v) is 10.0. The maximum Gasteiger partial charge on any atom is 0.159 e. The van der Waals surface area contributed by atoms with Crippen LogP contribution < -0.4 is 4.90 Å². The van der Waals surface area contributed by atoms with Crippen molar-refractivity contribution in [2.24, 2.45) is 0 Å². The number of fused-ring (bicyclic) bond motifs is 17. The Morgan fingerprint density at radius 3 is 1.30 bits per heavy atom. The molecule has 0 unspecified atom stereocenters. The smallest absolute Gasteiger partial charge is 0.159 e.